The number of hydrogen-bond acceptors (Lipinski definition) is 4. The number of benzene rings is 1. The van der Waals surface area contributed by atoms with Gasteiger partial charge in [0.1, 0.15) is 11.4 Å². The van der Waals surface area contributed by atoms with Crippen molar-refractivity contribution in [1.82, 2.24) is 0 Å². The summed E-state index contributed by atoms with van der Waals surface area (Å²) < 4.78 is 43.4. The highest BCUT2D eigenvalue weighted by molar-refractivity contribution is 9.10. The van der Waals surface area contributed by atoms with Crippen LogP contribution in [0.15, 0.2) is 39.4 Å². The summed E-state index contributed by atoms with van der Waals surface area (Å²) in [6, 6.07) is 3.95. The van der Waals surface area contributed by atoms with Crippen LogP contribution in [0, 0.1) is 10.1 Å². The van der Waals surface area contributed by atoms with E-state index in [1.54, 1.807) is 6.07 Å². The molecule has 0 saturated carbocycles. The molecule has 0 unspecified atom stereocenters. The van der Waals surface area contributed by atoms with Gasteiger partial charge in [0, 0.05) is 6.07 Å². The van der Waals surface area contributed by atoms with E-state index in [9.17, 15) is 23.3 Å². The Kier molecular flexibility index (Phi) is 4.21. The first-order chi connectivity index (χ1) is 9.79. The summed E-state index contributed by atoms with van der Waals surface area (Å²) in [5.41, 5.74) is -1.73. The van der Waals surface area contributed by atoms with Crippen LogP contribution in [0.1, 0.15) is 11.3 Å². The number of hydrogen-bond donors (Lipinski definition) is 1. The lowest BCUT2D eigenvalue weighted by Crippen LogP contribution is -2.08. The van der Waals surface area contributed by atoms with Crippen molar-refractivity contribution in [3.63, 3.8) is 0 Å². The zero-order valence-corrected chi connectivity index (χ0v) is 11.9. The molecule has 0 saturated heterocycles. The number of nitro benzene ring substituents is 1. The molecule has 0 spiro atoms. The van der Waals surface area contributed by atoms with E-state index >= 15 is 0 Å². The molecule has 0 atom stereocenters. The predicted octanol–water partition coefficient (Wildman–Crippen LogP) is 4.58. The summed E-state index contributed by atoms with van der Waals surface area (Å²) in [5, 5.41) is 13.6. The Bertz CT molecular complexity index is 670. The third-order valence-electron chi connectivity index (χ3n) is 2.65. The molecule has 2 rings (SSSR count). The van der Waals surface area contributed by atoms with Crippen LogP contribution in [0.5, 0.6) is 0 Å². The molecule has 2 aromatic rings. The number of rotatable bonds is 4. The summed E-state index contributed by atoms with van der Waals surface area (Å²) in [7, 11) is 0. The number of nitro groups is 1. The van der Waals surface area contributed by atoms with Crippen LogP contribution in [0.25, 0.3) is 0 Å². The summed E-state index contributed by atoms with van der Waals surface area (Å²) in [5.74, 6) is 0.476. The first-order valence-corrected chi connectivity index (χ1v) is 6.39. The molecular formula is C12H8BrF3N2O3. The highest BCUT2D eigenvalue weighted by Crippen LogP contribution is 2.35. The third-order valence-corrected chi connectivity index (χ3v) is 3.36. The fourth-order valence-electron chi connectivity index (χ4n) is 1.64. The van der Waals surface area contributed by atoms with Crippen molar-refractivity contribution in [2.75, 3.05) is 5.32 Å². The minimum Gasteiger partial charge on any atom is -0.466 e. The van der Waals surface area contributed by atoms with Crippen molar-refractivity contribution in [3.05, 3.63) is 56.4 Å². The highest BCUT2D eigenvalue weighted by atomic mass is 79.9. The van der Waals surface area contributed by atoms with Crippen molar-refractivity contribution in [2.24, 2.45) is 0 Å². The standard InChI is InChI=1S/C12H8BrF3N2O3/c13-8-3-4-21-11(8)6-17-9-2-1-7(12(14,15)16)5-10(9)18(19)20/h1-5,17H,6H2. The first-order valence-electron chi connectivity index (χ1n) is 5.60. The summed E-state index contributed by atoms with van der Waals surface area (Å²) in [6.45, 7) is 0.0970. The maximum atomic E-state index is 12.6. The Morgan fingerprint density at radius 3 is 2.57 bits per heavy atom. The van der Waals surface area contributed by atoms with Gasteiger partial charge in [-0.25, -0.2) is 0 Å². The molecule has 21 heavy (non-hydrogen) atoms. The van der Waals surface area contributed by atoms with Crippen molar-refractivity contribution in [1.29, 1.82) is 0 Å². The van der Waals surface area contributed by atoms with Crippen molar-refractivity contribution in [2.45, 2.75) is 12.7 Å². The van der Waals surface area contributed by atoms with Crippen LogP contribution in [0.3, 0.4) is 0 Å². The van der Waals surface area contributed by atoms with Gasteiger partial charge in [-0.05, 0) is 34.1 Å². The molecule has 0 fully saturated rings. The van der Waals surface area contributed by atoms with Gasteiger partial charge < -0.3 is 9.73 Å². The Morgan fingerprint density at radius 1 is 1.33 bits per heavy atom. The number of halogens is 4. The molecule has 0 radical (unpaired) electrons. The average Bonchev–Trinajstić information content (AvgIpc) is 2.80. The second-order valence-corrected chi connectivity index (χ2v) is 4.89. The molecule has 5 nitrogen and oxygen atoms in total. The van der Waals surface area contributed by atoms with Crippen LogP contribution in [0.2, 0.25) is 0 Å². The van der Waals surface area contributed by atoms with E-state index in [1.807, 2.05) is 0 Å². The predicted molar refractivity (Wildman–Crippen MR) is 71.8 cm³/mol. The van der Waals surface area contributed by atoms with Crippen LogP contribution < -0.4 is 5.32 Å². The van der Waals surface area contributed by atoms with Gasteiger partial charge in [-0.2, -0.15) is 13.2 Å². The van der Waals surface area contributed by atoms with Crippen LogP contribution in [0.4, 0.5) is 24.5 Å². The van der Waals surface area contributed by atoms with Crippen molar-refractivity contribution >= 4 is 27.3 Å². The number of nitrogens with zero attached hydrogens (tertiary/aromatic N) is 1. The van der Waals surface area contributed by atoms with E-state index in [1.165, 1.54) is 6.26 Å². The maximum Gasteiger partial charge on any atom is 0.416 e. The van der Waals surface area contributed by atoms with Gasteiger partial charge in [-0.1, -0.05) is 0 Å². The van der Waals surface area contributed by atoms with Crippen molar-refractivity contribution < 1.29 is 22.5 Å². The number of anilines is 1. The largest absolute Gasteiger partial charge is 0.466 e. The zero-order chi connectivity index (χ0) is 15.6. The molecule has 0 aliphatic heterocycles. The quantitative estimate of drug-likeness (QED) is 0.636. The summed E-state index contributed by atoms with van der Waals surface area (Å²) in [6.07, 6.45) is -3.21. The lowest BCUT2D eigenvalue weighted by atomic mass is 10.1. The van der Waals surface area contributed by atoms with Gasteiger partial charge in [-0.3, -0.25) is 10.1 Å². The van der Waals surface area contributed by atoms with E-state index < -0.39 is 22.4 Å². The number of alkyl halides is 3. The monoisotopic (exact) mass is 364 g/mol. The van der Waals surface area contributed by atoms with Gasteiger partial charge in [0.05, 0.1) is 27.8 Å². The molecule has 1 aromatic heterocycles. The van der Waals surface area contributed by atoms with E-state index in [0.717, 1.165) is 12.1 Å². The zero-order valence-electron chi connectivity index (χ0n) is 10.3. The Balaban J connectivity index is 2.27. The molecule has 0 bridgehead atoms. The van der Waals surface area contributed by atoms with Gasteiger partial charge in [-0.15, -0.1) is 0 Å². The second kappa shape index (κ2) is 5.76. The van der Waals surface area contributed by atoms with E-state index in [2.05, 4.69) is 21.2 Å². The Hall–Kier alpha value is -2.03. The highest BCUT2D eigenvalue weighted by Gasteiger charge is 2.33. The van der Waals surface area contributed by atoms with E-state index in [-0.39, 0.29) is 12.2 Å². The van der Waals surface area contributed by atoms with Crippen molar-refractivity contribution in [3.8, 4) is 0 Å². The van der Waals surface area contributed by atoms with Gasteiger partial charge >= 0.3 is 6.18 Å². The molecule has 0 aliphatic carbocycles. The molecule has 1 aromatic carbocycles. The lowest BCUT2D eigenvalue weighted by molar-refractivity contribution is -0.384. The third kappa shape index (κ3) is 3.54. The van der Waals surface area contributed by atoms with Gasteiger partial charge in [0.2, 0.25) is 0 Å². The minimum atomic E-state index is -4.63. The SMILES string of the molecule is O=[N+]([O-])c1cc(C(F)(F)F)ccc1NCc1occc1Br. The molecular weight excluding hydrogens is 357 g/mol. The van der Waals surface area contributed by atoms with E-state index in [4.69, 9.17) is 4.42 Å². The Morgan fingerprint density at radius 2 is 2.05 bits per heavy atom. The smallest absolute Gasteiger partial charge is 0.416 e. The van der Waals surface area contributed by atoms with E-state index in [0.29, 0.717) is 16.3 Å². The topological polar surface area (TPSA) is 68.3 Å². The second-order valence-electron chi connectivity index (χ2n) is 4.03. The summed E-state index contributed by atoms with van der Waals surface area (Å²) >= 11 is 3.21. The molecule has 1 N–H and O–H groups in total. The average molecular weight is 365 g/mol. The van der Waals surface area contributed by atoms with Crippen LogP contribution in [-0.4, -0.2) is 4.92 Å². The normalized spacial score (nSPS) is 11.4. The number of furan rings is 1. The first kappa shape index (κ1) is 15.4. The van der Waals surface area contributed by atoms with Gasteiger partial charge in [0.15, 0.2) is 0 Å². The molecule has 0 amide bonds. The van der Waals surface area contributed by atoms with Crippen LogP contribution in [-0.2, 0) is 12.7 Å². The minimum absolute atomic E-state index is 0.0173. The molecule has 9 heteroatoms. The lowest BCUT2D eigenvalue weighted by Gasteiger charge is -2.10. The van der Waals surface area contributed by atoms with Gasteiger partial charge in [0.25, 0.3) is 5.69 Å². The van der Waals surface area contributed by atoms with Crippen LogP contribution >= 0.6 is 15.9 Å². The maximum absolute atomic E-state index is 12.6. The molecule has 0 aliphatic rings. The Labute approximate surface area is 125 Å². The molecule has 112 valence electrons. The fraction of sp³-hybridized carbons (Fsp3) is 0.167. The fourth-order valence-corrected chi connectivity index (χ4v) is 1.98. The summed E-state index contributed by atoms with van der Waals surface area (Å²) in [4.78, 5) is 10.0. The molecule has 1 heterocycles. The number of nitrogens with one attached hydrogen (secondary N) is 1.